The zero-order valence-electron chi connectivity index (χ0n) is 12.9. The summed E-state index contributed by atoms with van der Waals surface area (Å²) in [5.41, 5.74) is 5.07. The van der Waals surface area contributed by atoms with Crippen molar-refractivity contribution in [3.05, 3.63) is 35.9 Å². The molecule has 21 heavy (non-hydrogen) atoms. The second-order valence-corrected chi connectivity index (χ2v) is 6.66. The van der Waals surface area contributed by atoms with Crippen LogP contribution >= 0.6 is 0 Å². The molecule has 1 aromatic rings. The van der Waals surface area contributed by atoms with Crippen molar-refractivity contribution >= 4 is 5.91 Å². The van der Waals surface area contributed by atoms with Gasteiger partial charge in [-0.2, -0.15) is 0 Å². The Morgan fingerprint density at radius 1 is 1.38 bits per heavy atom. The van der Waals surface area contributed by atoms with Crippen molar-refractivity contribution in [1.82, 2.24) is 5.32 Å². The van der Waals surface area contributed by atoms with Crippen molar-refractivity contribution in [3.8, 4) is 0 Å². The summed E-state index contributed by atoms with van der Waals surface area (Å²) in [5.74, 6) is 0.408. The molecular weight excluding hydrogens is 264 g/mol. The molecule has 1 aliphatic rings. The molecule has 0 heterocycles. The van der Waals surface area contributed by atoms with Crippen LogP contribution in [0.15, 0.2) is 30.3 Å². The van der Waals surface area contributed by atoms with Crippen LogP contribution in [-0.2, 0) is 10.3 Å². The molecule has 1 unspecified atom stereocenters. The largest absolute Gasteiger partial charge is 0.388 e. The lowest BCUT2D eigenvalue weighted by molar-refractivity contribution is -0.127. The summed E-state index contributed by atoms with van der Waals surface area (Å²) in [6.07, 6.45) is 3.48. The molecular formula is C17H26N2O2. The van der Waals surface area contributed by atoms with Crippen LogP contribution in [0.2, 0.25) is 0 Å². The Labute approximate surface area is 126 Å². The third-order valence-corrected chi connectivity index (χ3v) is 4.63. The minimum Gasteiger partial charge on any atom is -0.388 e. The summed E-state index contributed by atoms with van der Waals surface area (Å²) >= 11 is 0. The van der Waals surface area contributed by atoms with Crippen molar-refractivity contribution in [2.24, 2.45) is 11.7 Å². The van der Waals surface area contributed by atoms with Crippen molar-refractivity contribution in [1.29, 1.82) is 0 Å². The first-order valence-corrected chi connectivity index (χ1v) is 7.69. The smallest absolute Gasteiger partial charge is 0.244 e. The van der Waals surface area contributed by atoms with E-state index in [0.29, 0.717) is 5.92 Å². The highest BCUT2D eigenvalue weighted by atomic mass is 16.3. The fourth-order valence-corrected chi connectivity index (χ4v) is 2.82. The van der Waals surface area contributed by atoms with Gasteiger partial charge in [-0.3, -0.25) is 4.79 Å². The van der Waals surface area contributed by atoms with E-state index in [9.17, 15) is 9.90 Å². The number of hydrogen-bond donors (Lipinski definition) is 3. The molecule has 4 heteroatoms. The Morgan fingerprint density at radius 3 is 2.52 bits per heavy atom. The molecule has 1 aliphatic carbocycles. The van der Waals surface area contributed by atoms with Crippen LogP contribution in [0.25, 0.3) is 0 Å². The van der Waals surface area contributed by atoms with Gasteiger partial charge in [-0.15, -0.1) is 0 Å². The zero-order valence-corrected chi connectivity index (χ0v) is 12.9. The van der Waals surface area contributed by atoms with E-state index in [1.165, 1.54) is 0 Å². The van der Waals surface area contributed by atoms with Crippen LogP contribution in [0.4, 0.5) is 0 Å². The standard InChI is InChI=1S/C17H26N2O2/c1-13-8-10-17(21,11-9-13)12-19-15(20)16(2,18)14-6-4-3-5-7-14/h3-7,13,21H,8-12,18H2,1-2H3,(H,19,20). The fourth-order valence-electron chi connectivity index (χ4n) is 2.82. The molecule has 0 aliphatic heterocycles. The van der Waals surface area contributed by atoms with E-state index in [4.69, 9.17) is 5.73 Å². The molecule has 0 bridgehead atoms. The number of benzene rings is 1. The highest BCUT2D eigenvalue weighted by Crippen LogP contribution is 2.31. The first kappa shape index (κ1) is 16.0. The molecule has 0 radical (unpaired) electrons. The summed E-state index contributed by atoms with van der Waals surface area (Å²) in [6, 6.07) is 9.31. The Hall–Kier alpha value is -1.39. The van der Waals surface area contributed by atoms with Crippen molar-refractivity contribution < 1.29 is 9.90 Å². The number of nitrogens with one attached hydrogen (secondary N) is 1. The number of hydrogen-bond acceptors (Lipinski definition) is 3. The maximum absolute atomic E-state index is 12.4. The summed E-state index contributed by atoms with van der Waals surface area (Å²) in [4.78, 5) is 12.4. The van der Waals surface area contributed by atoms with Gasteiger partial charge in [0.1, 0.15) is 5.54 Å². The topological polar surface area (TPSA) is 75.3 Å². The third kappa shape index (κ3) is 3.83. The maximum Gasteiger partial charge on any atom is 0.244 e. The maximum atomic E-state index is 12.4. The van der Waals surface area contributed by atoms with Gasteiger partial charge >= 0.3 is 0 Å². The minimum absolute atomic E-state index is 0.249. The highest BCUT2D eigenvalue weighted by Gasteiger charge is 2.35. The Kier molecular flexibility index (Phi) is 4.69. The quantitative estimate of drug-likeness (QED) is 0.793. The van der Waals surface area contributed by atoms with E-state index in [2.05, 4.69) is 12.2 Å². The highest BCUT2D eigenvalue weighted by molar-refractivity contribution is 5.87. The van der Waals surface area contributed by atoms with Crippen molar-refractivity contribution in [2.45, 2.75) is 50.7 Å². The van der Waals surface area contributed by atoms with Gasteiger partial charge < -0.3 is 16.2 Å². The number of carbonyl (C=O) groups is 1. The van der Waals surface area contributed by atoms with E-state index >= 15 is 0 Å². The molecule has 2 rings (SSSR count). The SMILES string of the molecule is CC1CCC(O)(CNC(=O)C(C)(N)c2ccccc2)CC1. The zero-order chi connectivity index (χ0) is 15.5. The molecule has 1 aromatic carbocycles. The van der Waals surface area contributed by atoms with E-state index in [1.54, 1.807) is 6.92 Å². The molecule has 1 saturated carbocycles. The van der Waals surface area contributed by atoms with E-state index < -0.39 is 11.1 Å². The van der Waals surface area contributed by atoms with Crippen LogP contribution in [-0.4, -0.2) is 23.2 Å². The van der Waals surface area contributed by atoms with E-state index in [-0.39, 0.29) is 12.5 Å². The van der Waals surface area contributed by atoms with Gasteiger partial charge in [0.25, 0.3) is 0 Å². The average Bonchev–Trinajstić information content (AvgIpc) is 2.49. The molecule has 1 fully saturated rings. The van der Waals surface area contributed by atoms with Crippen molar-refractivity contribution in [2.75, 3.05) is 6.54 Å². The average molecular weight is 290 g/mol. The second kappa shape index (κ2) is 6.16. The predicted molar refractivity (Wildman–Crippen MR) is 83.6 cm³/mol. The lowest BCUT2D eigenvalue weighted by atomic mass is 9.79. The Balaban J connectivity index is 1.95. The molecule has 1 amide bonds. The number of rotatable bonds is 4. The van der Waals surface area contributed by atoms with Gasteiger partial charge in [0.2, 0.25) is 5.91 Å². The lowest BCUT2D eigenvalue weighted by Crippen LogP contribution is -2.53. The second-order valence-electron chi connectivity index (χ2n) is 6.66. The number of amides is 1. The summed E-state index contributed by atoms with van der Waals surface area (Å²) in [5, 5.41) is 13.4. The van der Waals surface area contributed by atoms with Crippen LogP contribution in [0.5, 0.6) is 0 Å². The van der Waals surface area contributed by atoms with Gasteiger partial charge in [-0.25, -0.2) is 0 Å². The van der Waals surface area contributed by atoms with Crippen molar-refractivity contribution in [3.63, 3.8) is 0 Å². The van der Waals surface area contributed by atoms with E-state index in [1.807, 2.05) is 30.3 Å². The first-order valence-electron chi connectivity index (χ1n) is 7.69. The van der Waals surface area contributed by atoms with Crippen LogP contribution in [0, 0.1) is 5.92 Å². The van der Waals surface area contributed by atoms with E-state index in [0.717, 1.165) is 31.2 Å². The minimum atomic E-state index is -1.08. The number of carbonyl (C=O) groups excluding carboxylic acids is 1. The molecule has 0 saturated heterocycles. The monoisotopic (exact) mass is 290 g/mol. The molecule has 0 spiro atoms. The Bertz CT molecular complexity index is 477. The third-order valence-electron chi connectivity index (χ3n) is 4.63. The first-order chi connectivity index (χ1) is 9.83. The molecule has 116 valence electrons. The molecule has 1 atom stereocenters. The molecule has 4 nitrogen and oxygen atoms in total. The summed E-state index contributed by atoms with van der Waals surface area (Å²) in [6.45, 7) is 4.17. The Morgan fingerprint density at radius 2 is 1.95 bits per heavy atom. The molecule has 4 N–H and O–H groups in total. The normalized spacial score (nSPS) is 28.7. The van der Waals surface area contributed by atoms with Gasteiger partial charge in [0, 0.05) is 6.54 Å². The summed E-state index contributed by atoms with van der Waals surface area (Å²) < 4.78 is 0. The lowest BCUT2D eigenvalue weighted by Gasteiger charge is -2.36. The fraction of sp³-hybridized carbons (Fsp3) is 0.588. The summed E-state index contributed by atoms with van der Waals surface area (Å²) in [7, 11) is 0. The van der Waals surface area contributed by atoms with Crippen LogP contribution in [0.3, 0.4) is 0 Å². The predicted octanol–water partition coefficient (Wildman–Crippen LogP) is 1.92. The van der Waals surface area contributed by atoms with Gasteiger partial charge in [-0.1, -0.05) is 37.3 Å². The number of aliphatic hydroxyl groups is 1. The van der Waals surface area contributed by atoms with Gasteiger partial charge in [-0.05, 0) is 44.1 Å². The van der Waals surface area contributed by atoms with Gasteiger partial charge in [0.15, 0.2) is 0 Å². The van der Waals surface area contributed by atoms with Crippen LogP contribution < -0.4 is 11.1 Å². The molecule has 0 aromatic heterocycles. The van der Waals surface area contributed by atoms with Crippen LogP contribution in [0.1, 0.15) is 45.1 Å². The number of nitrogens with two attached hydrogens (primary N) is 1. The van der Waals surface area contributed by atoms with Gasteiger partial charge in [0.05, 0.1) is 5.60 Å².